The molecule has 0 heterocycles. The molecule has 0 aromatic carbocycles. The first-order valence-corrected chi connectivity index (χ1v) is 13.9. The van der Waals surface area contributed by atoms with Crippen molar-refractivity contribution in [2.24, 2.45) is 0 Å². The maximum absolute atomic E-state index is 10.5. The van der Waals surface area contributed by atoms with Gasteiger partial charge in [0, 0.05) is 0 Å². The third-order valence-electron chi connectivity index (χ3n) is 2.34. The van der Waals surface area contributed by atoms with Crippen LogP contribution in [-0.2, 0) is 23.3 Å². The summed E-state index contributed by atoms with van der Waals surface area (Å²) in [5.41, 5.74) is 0. The molecule has 1 aliphatic rings. The van der Waals surface area contributed by atoms with Gasteiger partial charge >= 0.3 is 81.8 Å². The van der Waals surface area contributed by atoms with Crippen LogP contribution in [0.5, 0.6) is 0 Å². The first kappa shape index (κ1) is 9.71. The van der Waals surface area contributed by atoms with E-state index < -0.39 is 23.3 Å². The number of halogens is 1. The van der Waals surface area contributed by atoms with Crippen LogP contribution < -0.4 is 0 Å². The first-order chi connectivity index (χ1) is 5.25. The minimum absolute atomic E-state index is 0.119. The molecule has 0 saturated heterocycles. The molecule has 0 spiro atoms. The van der Waals surface area contributed by atoms with Crippen molar-refractivity contribution in [3.8, 4) is 0 Å². The third-order valence-corrected chi connectivity index (χ3v) is 11.1. The second-order valence-corrected chi connectivity index (χ2v) is 11.0. The van der Waals surface area contributed by atoms with Gasteiger partial charge in [-0.15, -0.1) is 0 Å². The van der Waals surface area contributed by atoms with E-state index in [1.807, 2.05) is 0 Å². The van der Waals surface area contributed by atoms with Gasteiger partial charge in [-0.1, -0.05) is 0 Å². The van der Waals surface area contributed by atoms with Gasteiger partial charge in [-0.3, -0.25) is 0 Å². The zero-order chi connectivity index (χ0) is 8.27. The van der Waals surface area contributed by atoms with Crippen LogP contribution in [0.2, 0.25) is 3.43 Å². The van der Waals surface area contributed by atoms with Gasteiger partial charge in [0.2, 0.25) is 0 Å². The molecule has 1 aliphatic carbocycles. The number of rotatable bonds is 2. The fraction of sp³-hybridized carbons (Fsp3) is 1.00. The topological polar surface area (TPSA) is 43.1 Å². The summed E-state index contributed by atoms with van der Waals surface area (Å²) < 4.78 is 0.334. The van der Waals surface area contributed by atoms with Gasteiger partial charge in [0.1, 0.15) is 0 Å². The van der Waals surface area contributed by atoms with Crippen LogP contribution in [-0.4, -0.2) is 11.0 Å². The van der Waals surface area contributed by atoms with Crippen LogP contribution in [0.4, 0.5) is 0 Å². The molecular weight excluding hydrogens is 354 g/mol. The Morgan fingerprint density at radius 3 is 2.55 bits per heavy atom. The predicted molar refractivity (Wildman–Crippen MR) is 38.9 cm³/mol. The Balaban J connectivity index is 2.51. The van der Waals surface area contributed by atoms with Crippen molar-refractivity contribution >= 4 is 8.25 Å². The van der Waals surface area contributed by atoms with Crippen LogP contribution >= 0.6 is 8.25 Å². The van der Waals surface area contributed by atoms with Gasteiger partial charge in [-0.25, -0.2) is 0 Å². The Labute approximate surface area is 81.5 Å². The number of hydrogen-bond acceptors (Lipinski definition) is 2. The van der Waals surface area contributed by atoms with Crippen LogP contribution in [0, 0.1) is 10.1 Å². The summed E-state index contributed by atoms with van der Waals surface area (Å²) in [6.45, 7) is 0. The van der Waals surface area contributed by atoms with E-state index in [0.717, 1.165) is 25.7 Å². The average Bonchev–Trinajstić information content (AvgIpc) is 2.04. The van der Waals surface area contributed by atoms with Crippen LogP contribution in [0.3, 0.4) is 0 Å². The Kier molecular flexibility index (Phi) is 4.06. The summed E-state index contributed by atoms with van der Waals surface area (Å²) >= 11 is -1.37. The summed E-state index contributed by atoms with van der Waals surface area (Å²) in [5, 5.41) is 10.5. The molecule has 60 valence electrons. The van der Waals surface area contributed by atoms with Crippen molar-refractivity contribution in [2.45, 2.75) is 35.2 Å². The fourth-order valence-corrected chi connectivity index (χ4v) is 8.91. The molecule has 5 heteroatoms. The van der Waals surface area contributed by atoms with Crippen LogP contribution in [0.25, 0.3) is 0 Å². The molecule has 0 amide bonds. The number of hydrogen-bond donors (Lipinski definition) is 0. The monoisotopic (exact) mass is 365 g/mol. The van der Waals surface area contributed by atoms with Gasteiger partial charge in [0.15, 0.2) is 0 Å². The molecule has 2 unspecified atom stereocenters. The van der Waals surface area contributed by atoms with E-state index in [1.165, 1.54) is 0 Å². The Morgan fingerprint density at radius 2 is 2.09 bits per heavy atom. The maximum atomic E-state index is 10.5. The van der Waals surface area contributed by atoms with Gasteiger partial charge in [-0.2, -0.15) is 0 Å². The van der Waals surface area contributed by atoms with E-state index >= 15 is 0 Å². The SMILES string of the molecule is O=[N+]([O-])C1CCCC[CH]1[Hg][Cl]. The molecule has 0 aliphatic heterocycles. The Bertz CT molecular complexity index is 156. The molecular formula is C6H10ClHgNO2. The average molecular weight is 364 g/mol. The van der Waals surface area contributed by atoms with E-state index in [2.05, 4.69) is 0 Å². The Hall–Kier alpha value is 0.625. The van der Waals surface area contributed by atoms with E-state index in [1.54, 1.807) is 0 Å². The van der Waals surface area contributed by atoms with Crippen molar-refractivity contribution in [3.05, 3.63) is 10.1 Å². The van der Waals surface area contributed by atoms with Gasteiger partial charge in [-0.05, 0) is 0 Å². The van der Waals surface area contributed by atoms with E-state index in [0.29, 0.717) is 3.43 Å². The summed E-state index contributed by atoms with van der Waals surface area (Å²) in [6.07, 6.45) is 3.97. The van der Waals surface area contributed by atoms with Gasteiger partial charge in [0.25, 0.3) is 0 Å². The molecule has 1 fully saturated rings. The molecule has 1 saturated carbocycles. The van der Waals surface area contributed by atoms with Crippen molar-refractivity contribution in [2.75, 3.05) is 0 Å². The van der Waals surface area contributed by atoms with E-state index in [-0.39, 0.29) is 11.0 Å². The van der Waals surface area contributed by atoms with Crippen molar-refractivity contribution < 1.29 is 28.3 Å². The molecule has 2 atom stereocenters. The summed E-state index contributed by atoms with van der Waals surface area (Å²) in [5.74, 6) is 0. The van der Waals surface area contributed by atoms with Gasteiger partial charge in [0.05, 0.1) is 0 Å². The second kappa shape index (κ2) is 4.60. The molecule has 0 radical (unpaired) electrons. The molecule has 0 N–H and O–H groups in total. The summed E-state index contributed by atoms with van der Waals surface area (Å²) in [7, 11) is 5.84. The zero-order valence-electron chi connectivity index (χ0n) is 6.33. The molecule has 0 aromatic heterocycles. The van der Waals surface area contributed by atoms with Crippen LogP contribution in [0.1, 0.15) is 25.7 Å². The summed E-state index contributed by atoms with van der Waals surface area (Å²) in [4.78, 5) is 10.4. The van der Waals surface area contributed by atoms with Crippen LogP contribution in [0.15, 0.2) is 0 Å². The fourth-order valence-electron chi connectivity index (χ4n) is 1.65. The Morgan fingerprint density at radius 1 is 1.45 bits per heavy atom. The molecule has 1 rings (SSSR count). The molecule has 3 nitrogen and oxygen atoms in total. The number of nitro groups is 1. The van der Waals surface area contributed by atoms with Crippen molar-refractivity contribution in [1.29, 1.82) is 0 Å². The van der Waals surface area contributed by atoms with Gasteiger partial charge < -0.3 is 0 Å². The predicted octanol–water partition coefficient (Wildman–Crippen LogP) is 2.23. The van der Waals surface area contributed by atoms with Crippen molar-refractivity contribution in [3.63, 3.8) is 0 Å². The number of nitrogens with zero attached hydrogens (tertiary/aromatic N) is 1. The second-order valence-electron chi connectivity index (χ2n) is 3.05. The van der Waals surface area contributed by atoms with E-state index in [4.69, 9.17) is 8.25 Å². The minimum atomic E-state index is -1.37. The molecule has 11 heavy (non-hydrogen) atoms. The third kappa shape index (κ3) is 2.54. The molecule has 0 aromatic rings. The normalized spacial score (nSPS) is 31.0. The van der Waals surface area contributed by atoms with Crippen molar-refractivity contribution in [1.82, 2.24) is 0 Å². The zero-order valence-corrected chi connectivity index (χ0v) is 12.6. The standard InChI is InChI=1S/C6H10NO2.ClH.Hg/c8-7(9)6-4-2-1-3-5-6;;/h4,6H,1-3,5H2;1H;/q;;+1/p-1. The molecule has 0 bridgehead atoms. The first-order valence-electron chi connectivity index (χ1n) is 3.95. The summed E-state index contributed by atoms with van der Waals surface area (Å²) in [6, 6.07) is -0.275. The van der Waals surface area contributed by atoms with E-state index in [9.17, 15) is 10.1 Å². The quantitative estimate of drug-likeness (QED) is 0.429.